The number of amides is 1. The predicted octanol–water partition coefficient (Wildman–Crippen LogP) is 3.38. The molecule has 1 amide bonds. The van der Waals surface area contributed by atoms with Gasteiger partial charge in [0.05, 0.1) is 12.0 Å². The lowest BCUT2D eigenvalue weighted by Gasteiger charge is -2.34. The van der Waals surface area contributed by atoms with Gasteiger partial charge in [0.25, 0.3) is 0 Å². The smallest absolute Gasteiger partial charge is 0.227 e. The van der Waals surface area contributed by atoms with Crippen LogP contribution in [-0.2, 0) is 4.79 Å². The maximum atomic E-state index is 12.9. The van der Waals surface area contributed by atoms with Gasteiger partial charge in [0, 0.05) is 13.1 Å². The van der Waals surface area contributed by atoms with Gasteiger partial charge in [0.15, 0.2) is 0 Å². The van der Waals surface area contributed by atoms with Crippen molar-refractivity contribution in [2.24, 2.45) is 5.92 Å². The van der Waals surface area contributed by atoms with Crippen LogP contribution in [0.5, 0.6) is 0 Å². The first-order chi connectivity index (χ1) is 10.2. The van der Waals surface area contributed by atoms with Crippen LogP contribution in [0.2, 0.25) is 0 Å². The number of hydrogen-bond acceptors (Lipinski definition) is 2. The number of unbranched alkanes of at least 4 members (excludes halogenated alkanes) is 1. The molecule has 0 aromatic heterocycles. The maximum Gasteiger partial charge on any atom is 0.227 e. The first kappa shape index (κ1) is 16.0. The molecule has 3 heteroatoms. The molecule has 3 nitrogen and oxygen atoms in total. The monoisotopic (exact) mass is 288 g/mol. The molecule has 1 aliphatic heterocycles. The second-order valence-corrected chi connectivity index (χ2v) is 6.02. The van der Waals surface area contributed by atoms with Crippen molar-refractivity contribution >= 4 is 5.91 Å². The van der Waals surface area contributed by atoms with Crippen molar-refractivity contribution in [2.45, 2.75) is 45.6 Å². The standard InChI is InChI=1S/C18H28N2O/c1-3-4-13-20(15(2)16-9-6-5-7-10-16)18(21)17-11-8-12-19-14-17/h5-7,9-10,15,17,19H,3-4,8,11-14H2,1-2H3. The molecule has 2 atom stereocenters. The van der Waals surface area contributed by atoms with Crippen LogP contribution in [0.15, 0.2) is 30.3 Å². The average molecular weight is 288 g/mol. The normalized spacial score (nSPS) is 20.0. The minimum atomic E-state index is 0.154. The van der Waals surface area contributed by atoms with E-state index in [2.05, 4.69) is 48.3 Å². The third-order valence-electron chi connectivity index (χ3n) is 4.43. The third kappa shape index (κ3) is 4.31. The SMILES string of the molecule is CCCCN(C(=O)C1CCCNC1)C(C)c1ccccc1. The first-order valence-corrected chi connectivity index (χ1v) is 8.30. The number of nitrogens with zero attached hydrogens (tertiary/aromatic N) is 1. The van der Waals surface area contributed by atoms with Gasteiger partial charge in [-0.05, 0) is 38.3 Å². The minimum absolute atomic E-state index is 0.154. The van der Waals surface area contributed by atoms with Crippen LogP contribution in [0.4, 0.5) is 0 Å². The summed E-state index contributed by atoms with van der Waals surface area (Å²) in [7, 11) is 0. The second-order valence-electron chi connectivity index (χ2n) is 6.02. The van der Waals surface area contributed by atoms with Crippen LogP contribution in [0, 0.1) is 5.92 Å². The van der Waals surface area contributed by atoms with Crippen LogP contribution >= 0.6 is 0 Å². The summed E-state index contributed by atoms with van der Waals surface area (Å²) >= 11 is 0. The highest BCUT2D eigenvalue weighted by molar-refractivity contribution is 5.79. The Labute approximate surface area is 128 Å². The van der Waals surface area contributed by atoms with E-state index in [4.69, 9.17) is 0 Å². The van der Waals surface area contributed by atoms with Crippen molar-refractivity contribution < 1.29 is 4.79 Å². The Morgan fingerprint density at radius 2 is 2.14 bits per heavy atom. The van der Waals surface area contributed by atoms with Gasteiger partial charge in [-0.2, -0.15) is 0 Å². The molecule has 1 heterocycles. The van der Waals surface area contributed by atoms with E-state index in [0.717, 1.165) is 45.3 Å². The van der Waals surface area contributed by atoms with Crippen molar-refractivity contribution in [3.05, 3.63) is 35.9 Å². The van der Waals surface area contributed by atoms with Gasteiger partial charge < -0.3 is 10.2 Å². The maximum absolute atomic E-state index is 12.9. The van der Waals surface area contributed by atoms with Crippen molar-refractivity contribution in [2.75, 3.05) is 19.6 Å². The number of hydrogen-bond donors (Lipinski definition) is 1. The molecule has 21 heavy (non-hydrogen) atoms. The Kier molecular flexibility index (Phi) is 6.24. The quantitative estimate of drug-likeness (QED) is 0.870. The van der Waals surface area contributed by atoms with E-state index in [0.29, 0.717) is 5.91 Å². The summed E-state index contributed by atoms with van der Waals surface area (Å²) in [4.78, 5) is 15.0. The van der Waals surface area contributed by atoms with Crippen molar-refractivity contribution in [3.8, 4) is 0 Å². The van der Waals surface area contributed by atoms with E-state index in [1.165, 1.54) is 5.56 Å². The number of nitrogens with one attached hydrogen (secondary N) is 1. The van der Waals surface area contributed by atoms with E-state index in [1.807, 2.05) is 6.07 Å². The van der Waals surface area contributed by atoms with E-state index in [-0.39, 0.29) is 12.0 Å². The highest BCUT2D eigenvalue weighted by Crippen LogP contribution is 2.24. The van der Waals surface area contributed by atoms with Gasteiger partial charge in [0.1, 0.15) is 0 Å². The van der Waals surface area contributed by atoms with Crippen LogP contribution in [0.1, 0.15) is 51.1 Å². The zero-order valence-electron chi connectivity index (χ0n) is 13.3. The Balaban J connectivity index is 2.10. The zero-order chi connectivity index (χ0) is 15.1. The van der Waals surface area contributed by atoms with E-state index in [1.54, 1.807) is 0 Å². The molecule has 0 radical (unpaired) electrons. The largest absolute Gasteiger partial charge is 0.336 e. The highest BCUT2D eigenvalue weighted by atomic mass is 16.2. The molecule has 1 saturated heterocycles. The fourth-order valence-electron chi connectivity index (χ4n) is 3.03. The van der Waals surface area contributed by atoms with Crippen molar-refractivity contribution in [1.82, 2.24) is 10.2 Å². The van der Waals surface area contributed by atoms with E-state index in [9.17, 15) is 4.79 Å². The number of piperidine rings is 1. The second kappa shape index (κ2) is 8.18. The molecular weight excluding hydrogens is 260 g/mol. The fraction of sp³-hybridized carbons (Fsp3) is 0.611. The molecule has 1 aromatic carbocycles. The van der Waals surface area contributed by atoms with Crippen LogP contribution in [0.25, 0.3) is 0 Å². The molecule has 0 aliphatic carbocycles. The molecule has 1 fully saturated rings. The lowest BCUT2D eigenvalue weighted by Crippen LogP contribution is -2.44. The molecule has 116 valence electrons. The molecular formula is C18H28N2O. The first-order valence-electron chi connectivity index (χ1n) is 8.30. The lowest BCUT2D eigenvalue weighted by molar-refractivity contribution is -0.138. The van der Waals surface area contributed by atoms with Crippen LogP contribution < -0.4 is 5.32 Å². The third-order valence-corrected chi connectivity index (χ3v) is 4.43. The van der Waals surface area contributed by atoms with Gasteiger partial charge in [-0.1, -0.05) is 43.7 Å². The number of carbonyl (C=O) groups is 1. The molecule has 0 spiro atoms. The fourth-order valence-corrected chi connectivity index (χ4v) is 3.03. The number of rotatable bonds is 6. The Bertz CT molecular complexity index is 426. The molecule has 2 rings (SSSR count). The molecule has 2 unspecified atom stereocenters. The molecule has 0 bridgehead atoms. The number of benzene rings is 1. The van der Waals surface area contributed by atoms with Crippen LogP contribution in [0.3, 0.4) is 0 Å². The lowest BCUT2D eigenvalue weighted by atomic mass is 9.96. The summed E-state index contributed by atoms with van der Waals surface area (Å²) in [6.45, 7) is 7.08. The van der Waals surface area contributed by atoms with Gasteiger partial charge in [-0.3, -0.25) is 4.79 Å². The van der Waals surface area contributed by atoms with Gasteiger partial charge in [-0.15, -0.1) is 0 Å². The van der Waals surface area contributed by atoms with Crippen LogP contribution in [-0.4, -0.2) is 30.4 Å². The highest BCUT2D eigenvalue weighted by Gasteiger charge is 2.28. The summed E-state index contributed by atoms with van der Waals surface area (Å²) in [6, 6.07) is 10.5. The summed E-state index contributed by atoms with van der Waals surface area (Å²) in [5.41, 5.74) is 1.23. The van der Waals surface area contributed by atoms with Gasteiger partial charge in [0.2, 0.25) is 5.91 Å². The van der Waals surface area contributed by atoms with E-state index >= 15 is 0 Å². The minimum Gasteiger partial charge on any atom is -0.336 e. The zero-order valence-corrected chi connectivity index (χ0v) is 13.3. The van der Waals surface area contributed by atoms with E-state index < -0.39 is 0 Å². The van der Waals surface area contributed by atoms with Gasteiger partial charge >= 0.3 is 0 Å². The summed E-state index contributed by atoms with van der Waals surface area (Å²) in [6.07, 6.45) is 4.32. The molecule has 0 saturated carbocycles. The predicted molar refractivity (Wildman–Crippen MR) is 87.1 cm³/mol. The summed E-state index contributed by atoms with van der Waals surface area (Å²) in [5, 5.41) is 3.36. The van der Waals surface area contributed by atoms with Gasteiger partial charge in [-0.25, -0.2) is 0 Å². The molecule has 1 aliphatic rings. The average Bonchev–Trinajstić information content (AvgIpc) is 2.56. The summed E-state index contributed by atoms with van der Waals surface area (Å²) < 4.78 is 0. The Hall–Kier alpha value is -1.35. The Morgan fingerprint density at radius 3 is 2.76 bits per heavy atom. The van der Waals surface area contributed by atoms with Crippen molar-refractivity contribution in [3.63, 3.8) is 0 Å². The molecule has 1 N–H and O–H groups in total. The molecule has 1 aromatic rings. The summed E-state index contributed by atoms with van der Waals surface area (Å²) in [5.74, 6) is 0.480. The topological polar surface area (TPSA) is 32.3 Å². The van der Waals surface area contributed by atoms with Crippen molar-refractivity contribution in [1.29, 1.82) is 0 Å². The Morgan fingerprint density at radius 1 is 1.38 bits per heavy atom. The number of carbonyl (C=O) groups excluding carboxylic acids is 1.